The zero-order chi connectivity index (χ0) is 15.7. The van der Waals surface area contributed by atoms with Crippen molar-refractivity contribution in [1.82, 2.24) is 9.38 Å². The highest BCUT2D eigenvalue weighted by atomic mass is 32.2. The van der Waals surface area contributed by atoms with Gasteiger partial charge in [0.2, 0.25) is 0 Å². The van der Waals surface area contributed by atoms with E-state index in [1.54, 1.807) is 25.3 Å². The first kappa shape index (κ1) is 14.8. The lowest BCUT2D eigenvalue weighted by Gasteiger charge is -2.08. The van der Waals surface area contributed by atoms with Gasteiger partial charge in [0.1, 0.15) is 5.75 Å². The molecule has 2 heterocycles. The molecule has 0 bridgehead atoms. The monoisotopic (exact) mass is 324 g/mol. The van der Waals surface area contributed by atoms with E-state index in [4.69, 9.17) is 4.74 Å². The minimum absolute atomic E-state index is 0.106. The van der Waals surface area contributed by atoms with Crippen molar-refractivity contribution in [2.24, 2.45) is 0 Å². The number of benzene rings is 1. The van der Waals surface area contributed by atoms with Crippen molar-refractivity contribution in [3.05, 3.63) is 48.8 Å². The Bertz CT molecular complexity index is 814. The fourth-order valence-corrected chi connectivity index (χ4v) is 2.84. The van der Waals surface area contributed by atoms with Crippen molar-refractivity contribution in [3.8, 4) is 17.0 Å². The van der Waals surface area contributed by atoms with Crippen molar-refractivity contribution in [3.63, 3.8) is 0 Å². The van der Waals surface area contributed by atoms with Gasteiger partial charge in [-0.05, 0) is 24.3 Å². The van der Waals surface area contributed by atoms with Gasteiger partial charge < -0.3 is 9.14 Å². The molecular formula is C15H11F3N2OS. The van der Waals surface area contributed by atoms with Crippen LogP contribution in [0.3, 0.4) is 0 Å². The number of hydrogen-bond donors (Lipinski definition) is 0. The lowest BCUT2D eigenvalue weighted by atomic mass is 10.1. The topological polar surface area (TPSA) is 26.5 Å². The van der Waals surface area contributed by atoms with Gasteiger partial charge in [0.25, 0.3) is 0 Å². The van der Waals surface area contributed by atoms with E-state index in [0.29, 0.717) is 17.0 Å². The maximum Gasteiger partial charge on any atom is 0.447 e. The second-order valence-electron chi connectivity index (χ2n) is 4.48. The maximum atomic E-state index is 12.6. The van der Waals surface area contributed by atoms with Gasteiger partial charge in [0, 0.05) is 29.7 Å². The lowest BCUT2D eigenvalue weighted by molar-refractivity contribution is -0.0329. The van der Waals surface area contributed by atoms with Gasteiger partial charge in [-0.3, -0.25) is 4.98 Å². The molecule has 1 aromatic carbocycles. The van der Waals surface area contributed by atoms with Crippen LogP contribution in [0.5, 0.6) is 5.75 Å². The number of methoxy groups -OCH3 is 1. The van der Waals surface area contributed by atoms with Crippen molar-refractivity contribution in [1.29, 1.82) is 0 Å². The summed E-state index contributed by atoms with van der Waals surface area (Å²) in [5.41, 5.74) is -2.32. The second-order valence-corrected chi connectivity index (χ2v) is 5.57. The number of ether oxygens (including phenoxy) is 1. The predicted molar refractivity (Wildman–Crippen MR) is 79.1 cm³/mol. The average molecular weight is 324 g/mol. The average Bonchev–Trinajstić information content (AvgIpc) is 2.88. The molecule has 0 saturated carbocycles. The van der Waals surface area contributed by atoms with Crippen LogP contribution in [0.2, 0.25) is 0 Å². The summed E-state index contributed by atoms with van der Waals surface area (Å²) in [5, 5.41) is 0.106. The number of halogens is 3. The Labute approximate surface area is 128 Å². The Morgan fingerprint density at radius 1 is 1.18 bits per heavy atom. The molecular weight excluding hydrogens is 313 g/mol. The smallest absolute Gasteiger partial charge is 0.447 e. The highest BCUT2D eigenvalue weighted by Gasteiger charge is 2.30. The third kappa shape index (κ3) is 2.89. The molecule has 0 unspecified atom stereocenters. The Balaban J connectivity index is 2.11. The number of thioether (sulfide) groups is 1. The van der Waals surface area contributed by atoms with Gasteiger partial charge >= 0.3 is 5.51 Å². The Hall–Kier alpha value is -2.15. The molecule has 114 valence electrons. The molecule has 0 aliphatic heterocycles. The summed E-state index contributed by atoms with van der Waals surface area (Å²) in [6.07, 6.45) is 3.01. The summed E-state index contributed by atoms with van der Waals surface area (Å²) >= 11 is -0.141. The molecule has 0 aliphatic rings. The molecule has 0 radical (unpaired) electrons. The zero-order valence-corrected chi connectivity index (χ0v) is 12.3. The molecule has 0 amide bonds. The summed E-state index contributed by atoms with van der Waals surface area (Å²) in [6, 6.07) is 10.3. The first-order valence-corrected chi connectivity index (χ1v) is 7.16. The fraction of sp³-hybridized carbons (Fsp3) is 0.133. The van der Waals surface area contributed by atoms with E-state index in [-0.39, 0.29) is 16.8 Å². The van der Waals surface area contributed by atoms with E-state index in [0.717, 1.165) is 5.56 Å². The number of aromatic nitrogens is 2. The predicted octanol–water partition coefficient (Wildman–Crippen LogP) is 4.62. The summed E-state index contributed by atoms with van der Waals surface area (Å²) in [6.45, 7) is 0. The molecule has 2 aromatic heterocycles. The second kappa shape index (κ2) is 5.57. The highest BCUT2D eigenvalue weighted by molar-refractivity contribution is 8.00. The van der Waals surface area contributed by atoms with Crippen LogP contribution in [0, 0.1) is 0 Å². The number of alkyl halides is 3. The molecule has 7 heteroatoms. The van der Waals surface area contributed by atoms with Gasteiger partial charge in [-0.15, -0.1) is 0 Å². The molecule has 0 fully saturated rings. The lowest BCUT2D eigenvalue weighted by Crippen LogP contribution is -2.01. The van der Waals surface area contributed by atoms with E-state index >= 15 is 0 Å². The van der Waals surface area contributed by atoms with Crippen molar-refractivity contribution in [2.75, 3.05) is 7.11 Å². The van der Waals surface area contributed by atoms with Crippen LogP contribution in [-0.2, 0) is 0 Å². The quantitative estimate of drug-likeness (QED) is 0.658. The third-order valence-corrected chi connectivity index (χ3v) is 3.88. The van der Waals surface area contributed by atoms with Gasteiger partial charge in [0.15, 0.2) is 0 Å². The summed E-state index contributed by atoms with van der Waals surface area (Å²) < 4.78 is 44.4. The molecule has 0 atom stereocenters. The van der Waals surface area contributed by atoms with Crippen LogP contribution in [0.25, 0.3) is 16.8 Å². The van der Waals surface area contributed by atoms with Crippen molar-refractivity contribution >= 4 is 17.3 Å². The van der Waals surface area contributed by atoms with E-state index in [9.17, 15) is 13.2 Å². The van der Waals surface area contributed by atoms with Crippen LogP contribution >= 0.6 is 11.8 Å². The minimum atomic E-state index is -4.33. The standard InChI is InChI=1S/C15H11F3N2OS/c1-21-11-4-2-3-10(9-11)14-12-5-6-13(22-15(16,17)18)20(12)8-7-19-14/h2-9H,1H3. The minimum Gasteiger partial charge on any atom is -0.497 e. The Kier molecular flexibility index (Phi) is 3.74. The third-order valence-electron chi connectivity index (χ3n) is 3.11. The first-order valence-electron chi connectivity index (χ1n) is 6.34. The molecule has 0 saturated heterocycles. The fourth-order valence-electron chi connectivity index (χ4n) is 2.21. The maximum absolute atomic E-state index is 12.6. The molecule has 3 rings (SSSR count). The van der Waals surface area contributed by atoms with Crippen LogP contribution in [0.4, 0.5) is 13.2 Å². The normalized spacial score (nSPS) is 11.8. The Morgan fingerprint density at radius 3 is 2.73 bits per heavy atom. The first-order chi connectivity index (χ1) is 10.5. The van der Waals surface area contributed by atoms with Gasteiger partial charge in [-0.25, -0.2) is 0 Å². The summed E-state index contributed by atoms with van der Waals surface area (Å²) in [4.78, 5) is 4.30. The number of fused-ring (bicyclic) bond motifs is 1. The van der Waals surface area contributed by atoms with E-state index < -0.39 is 5.51 Å². The van der Waals surface area contributed by atoms with E-state index in [1.807, 2.05) is 12.1 Å². The van der Waals surface area contributed by atoms with Gasteiger partial charge in [-0.2, -0.15) is 13.2 Å². The van der Waals surface area contributed by atoms with Crippen LogP contribution < -0.4 is 4.74 Å². The SMILES string of the molecule is COc1cccc(-c2nccn3c(SC(F)(F)F)ccc23)c1. The van der Waals surface area contributed by atoms with Gasteiger partial charge in [0.05, 0.1) is 23.3 Å². The summed E-state index contributed by atoms with van der Waals surface area (Å²) in [7, 11) is 1.56. The van der Waals surface area contributed by atoms with E-state index in [1.165, 1.54) is 22.9 Å². The van der Waals surface area contributed by atoms with Gasteiger partial charge in [-0.1, -0.05) is 12.1 Å². The zero-order valence-electron chi connectivity index (χ0n) is 11.5. The van der Waals surface area contributed by atoms with Crippen LogP contribution in [-0.4, -0.2) is 22.0 Å². The largest absolute Gasteiger partial charge is 0.497 e. The molecule has 22 heavy (non-hydrogen) atoms. The van der Waals surface area contributed by atoms with Crippen LogP contribution in [0.1, 0.15) is 0 Å². The molecule has 0 N–H and O–H groups in total. The number of nitrogens with zero attached hydrogens (tertiary/aromatic N) is 2. The number of rotatable bonds is 3. The number of hydrogen-bond acceptors (Lipinski definition) is 3. The summed E-state index contributed by atoms with van der Waals surface area (Å²) in [5.74, 6) is 0.665. The molecule has 3 aromatic rings. The molecule has 3 nitrogen and oxygen atoms in total. The molecule has 0 aliphatic carbocycles. The van der Waals surface area contributed by atoms with Crippen molar-refractivity contribution < 1.29 is 17.9 Å². The van der Waals surface area contributed by atoms with Crippen molar-refractivity contribution in [2.45, 2.75) is 10.5 Å². The Morgan fingerprint density at radius 2 is 2.00 bits per heavy atom. The molecule has 0 spiro atoms. The van der Waals surface area contributed by atoms with E-state index in [2.05, 4.69) is 4.98 Å². The van der Waals surface area contributed by atoms with Crippen LogP contribution in [0.15, 0.2) is 53.8 Å². The highest BCUT2D eigenvalue weighted by Crippen LogP contribution is 2.38.